The summed E-state index contributed by atoms with van der Waals surface area (Å²) in [5.41, 5.74) is 2.14. The van der Waals surface area contributed by atoms with E-state index in [1.165, 1.54) is 29.2 Å². The number of nitrogens with one attached hydrogen (secondary N) is 1. The maximum absolute atomic E-state index is 13.6. The molecule has 3 aromatic rings. The Labute approximate surface area is 212 Å². The van der Waals surface area contributed by atoms with Crippen LogP contribution in [-0.4, -0.2) is 23.6 Å². The van der Waals surface area contributed by atoms with Crippen LogP contribution in [0.2, 0.25) is 5.02 Å². The molecule has 1 heterocycles. The largest absolute Gasteiger partial charge is 0.351 e. The fourth-order valence-electron chi connectivity index (χ4n) is 3.74. The Balaban J connectivity index is 1.62. The first-order valence-corrected chi connectivity index (χ1v) is 12.2. The van der Waals surface area contributed by atoms with Crippen molar-refractivity contribution in [2.24, 2.45) is 0 Å². The van der Waals surface area contributed by atoms with Crippen molar-refractivity contribution in [3.8, 4) is 6.07 Å². The molecule has 0 radical (unpaired) electrons. The third kappa shape index (κ3) is 5.91. The molecule has 1 fully saturated rings. The quantitative estimate of drug-likeness (QED) is 0.351. The maximum Gasteiger partial charge on any atom is 0.264 e. The van der Waals surface area contributed by atoms with Crippen LogP contribution in [-0.2, 0) is 22.4 Å². The summed E-state index contributed by atoms with van der Waals surface area (Å²) >= 11 is 7.25. The molecule has 35 heavy (non-hydrogen) atoms. The molecule has 1 atom stereocenters. The predicted molar refractivity (Wildman–Crippen MR) is 136 cm³/mol. The normalized spacial score (nSPS) is 16.7. The monoisotopic (exact) mass is 505 g/mol. The number of nitriles is 1. The summed E-state index contributed by atoms with van der Waals surface area (Å²) in [4.78, 5) is 27.7. The Kier molecular flexibility index (Phi) is 7.86. The van der Waals surface area contributed by atoms with Crippen molar-refractivity contribution in [3.05, 3.63) is 111 Å². The van der Waals surface area contributed by atoms with Crippen molar-refractivity contribution in [1.29, 1.82) is 5.26 Å². The Morgan fingerprint density at radius 2 is 1.77 bits per heavy atom. The van der Waals surface area contributed by atoms with Gasteiger partial charge in [-0.05, 0) is 60.4 Å². The lowest BCUT2D eigenvalue weighted by molar-refractivity contribution is -0.117. The molecule has 1 unspecified atom stereocenters. The van der Waals surface area contributed by atoms with E-state index < -0.39 is 17.0 Å². The first-order chi connectivity index (χ1) is 17.0. The van der Waals surface area contributed by atoms with Gasteiger partial charge in [0.1, 0.15) is 22.5 Å². The number of amides is 2. The molecule has 4 rings (SSSR count). The zero-order chi connectivity index (χ0) is 24.8. The fraction of sp³-hybridized carbons (Fsp3) is 0.148. The predicted octanol–water partition coefficient (Wildman–Crippen LogP) is 5.26. The van der Waals surface area contributed by atoms with Gasteiger partial charge >= 0.3 is 0 Å². The van der Waals surface area contributed by atoms with Gasteiger partial charge in [-0.2, -0.15) is 5.26 Å². The van der Waals surface area contributed by atoms with E-state index in [1.807, 2.05) is 42.5 Å². The Morgan fingerprint density at radius 1 is 1.06 bits per heavy atom. The van der Waals surface area contributed by atoms with Gasteiger partial charge in [0.25, 0.3) is 5.91 Å². The molecular formula is C27H21ClFN3O2S. The topological polar surface area (TPSA) is 73.2 Å². The summed E-state index contributed by atoms with van der Waals surface area (Å²) in [6.07, 6.45) is 0.964. The van der Waals surface area contributed by atoms with E-state index in [9.17, 15) is 19.2 Å². The zero-order valence-electron chi connectivity index (χ0n) is 18.6. The second kappa shape index (κ2) is 11.2. The zero-order valence-corrected chi connectivity index (χ0v) is 20.2. The van der Waals surface area contributed by atoms with Gasteiger partial charge in [-0.3, -0.25) is 14.5 Å². The number of benzene rings is 3. The molecule has 176 valence electrons. The SMILES string of the molecule is N#C/C(C(=O)NCCc1ccccc1)=C1/SC(Cc2cccc(Cl)c2)C(=O)N1c1ccc(F)cc1. The van der Waals surface area contributed by atoms with Crippen LogP contribution in [0.5, 0.6) is 0 Å². The summed E-state index contributed by atoms with van der Waals surface area (Å²) in [5, 5.41) is 12.9. The number of anilines is 1. The lowest BCUT2D eigenvalue weighted by Crippen LogP contribution is -2.32. The van der Waals surface area contributed by atoms with E-state index in [-0.39, 0.29) is 16.5 Å². The Bertz CT molecular complexity index is 1310. The van der Waals surface area contributed by atoms with Crippen molar-refractivity contribution in [1.82, 2.24) is 5.32 Å². The van der Waals surface area contributed by atoms with E-state index >= 15 is 0 Å². The second-order valence-electron chi connectivity index (χ2n) is 7.87. The number of halogens is 2. The van der Waals surface area contributed by atoms with Crippen molar-refractivity contribution in [3.63, 3.8) is 0 Å². The third-order valence-corrected chi connectivity index (χ3v) is 6.94. The highest BCUT2D eigenvalue weighted by molar-refractivity contribution is 8.05. The van der Waals surface area contributed by atoms with E-state index in [0.29, 0.717) is 30.1 Å². The molecular weight excluding hydrogens is 485 g/mol. The standard InChI is InChI=1S/C27H21ClFN3O2S/c28-20-8-4-7-19(15-20)16-24-26(34)32(22-11-9-21(29)10-12-22)27(35-24)23(17-30)25(33)31-14-13-18-5-2-1-3-6-18/h1-12,15,24H,13-14,16H2,(H,31,33)/b27-23-. The van der Waals surface area contributed by atoms with E-state index in [2.05, 4.69) is 5.32 Å². The molecule has 1 saturated heterocycles. The van der Waals surface area contributed by atoms with Crippen LogP contribution in [0, 0.1) is 17.1 Å². The average Bonchev–Trinajstić information content (AvgIpc) is 3.16. The first-order valence-electron chi connectivity index (χ1n) is 10.9. The van der Waals surface area contributed by atoms with Gasteiger partial charge in [-0.25, -0.2) is 4.39 Å². The van der Waals surface area contributed by atoms with Gasteiger partial charge in [0, 0.05) is 17.3 Å². The van der Waals surface area contributed by atoms with Crippen LogP contribution in [0.25, 0.3) is 0 Å². The van der Waals surface area contributed by atoms with Gasteiger partial charge in [-0.15, -0.1) is 0 Å². The lowest BCUT2D eigenvalue weighted by Gasteiger charge is -2.18. The minimum absolute atomic E-state index is 0.158. The first kappa shape index (κ1) is 24.5. The van der Waals surface area contributed by atoms with Gasteiger partial charge in [-0.1, -0.05) is 65.8 Å². The molecule has 0 aliphatic carbocycles. The van der Waals surface area contributed by atoms with Gasteiger partial charge in [0.05, 0.1) is 5.25 Å². The molecule has 0 bridgehead atoms. The highest BCUT2D eigenvalue weighted by atomic mass is 35.5. The number of thioether (sulfide) groups is 1. The molecule has 0 aromatic heterocycles. The summed E-state index contributed by atoms with van der Waals surface area (Å²) in [6.45, 7) is 0.336. The highest BCUT2D eigenvalue weighted by Crippen LogP contribution is 2.42. The van der Waals surface area contributed by atoms with Gasteiger partial charge < -0.3 is 5.32 Å². The molecule has 0 spiro atoms. The summed E-state index contributed by atoms with van der Waals surface area (Å²) in [7, 11) is 0. The van der Waals surface area contributed by atoms with Crippen molar-refractivity contribution >= 4 is 40.9 Å². The molecule has 5 nitrogen and oxygen atoms in total. The molecule has 1 aliphatic rings. The number of hydrogen-bond acceptors (Lipinski definition) is 4. The lowest BCUT2D eigenvalue weighted by atomic mass is 10.1. The number of carbonyl (C=O) groups is 2. The van der Waals surface area contributed by atoms with E-state index in [1.54, 1.807) is 18.2 Å². The van der Waals surface area contributed by atoms with Gasteiger partial charge in [0.2, 0.25) is 5.91 Å². The van der Waals surface area contributed by atoms with Crippen LogP contribution < -0.4 is 10.2 Å². The summed E-state index contributed by atoms with van der Waals surface area (Å²) in [6, 6.07) is 24.2. The number of rotatable bonds is 7. The van der Waals surface area contributed by atoms with Crippen molar-refractivity contribution in [2.45, 2.75) is 18.1 Å². The van der Waals surface area contributed by atoms with Crippen molar-refractivity contribution < 1.29 is 14.0 Å². The Morgan fingerprint density at radius 3 is 2.46 bits per heavy atom. The van der Waals surface area contributed by atoms with Crippen LogP contribution in [0.1, 0.15) is 11.1 Å². The van der Waals surface area contributed by atoms with Crippen molar-refractivity contribution in [2.75, 3.05) is 11.4 Å². The molecule has 8 heteroatoms. The van der Waals surface area contributed by atoms with Crippen LogP contribution in [0.3, 0.4) is 0 Å². The smallest absolute Gasteiger partial charge is 0.264 e. The average molecular weight is 506 g/mol. The van der Waals surface area contributed by atoms with E-state index in [0.717, 1.165) is 22.9 Å². The number of hydrogen-bond donors (Lipinski definition) is 1. The third-order valence-electron chi connectivity index (χ3n) is 5.44. The van der Waals surface area contributed by atoms with Gasteiger partial charge in [0.15, 0.2) is 0 Å². The molecule has 1 N–H and O–H groups in total. The minimum Gasteiger partial charge on any atom is -0.351 e. The minimum atomic E-state index is -0.575. The highest BCUT2D eigenvalue weighted by Gasteiger charge is 2.40. The molecule has 1 aliphatic heterocycles. The van der Waals surface area contributed by atoms with E-state index in [4.69, 9.17) is 11.6 Å². The molecule has 3 aromatic carbocycles. The van der Waals surface area contributed by atoms with Crippen LogP contribution in [0.4, 0.5) is 10.1 Å². The molecule has 0 saturated carbocycles. The maximum atomic E-state index is 13.6. The number of carbonyl (C=O) groups excluding carboxylic acids is 2. The van der Waals surface area contributed by atoms with Crippen LogP contribution >= 0.6 is 23.4 Å². The number of nitrogens with zero attached hydrogens (tertiary/aromatic N) is 2. The fourth-order valence-corrected chi connectivity index (χ4v) is 5.26. The molecule has 2 amide bonds. The van der Waals surface area contributed by atoms with Crippen LogP contribution in [0.15, 0.2) is 89.5 Å². The second-order valence-corrected chi connectivity index (χ2v) is 9.50. The Hall–Kier alpha value is -3.60. The summed E-state index contributed by atoms with van der Waals surface area (Å²) in [5.74, 6) is -1.30. The summed E-state index contributed by atoms with van der Waals surface area (Å²) < 4.78 is 13.6.